The quantitative estimate of drug-likeness (QED) is 0.737. The van der Waals surface area contributed by atoms with E-state index in [1.165, 1.54) is 0 Å². The normalized spacial score (nSPS) is 20.9. The van der Waals surface area contributed by atoms with Gasteiger partial charge in [-0.3, -0.25) is 0 Å². The smallest absolute Gasteiger partial charge is 0.135 e. The summed E-state index contributed by atoms with van der Waals surface area (Å²) in [5.74, 6) is 0. The molecule has 1 aliphatic carbocycles. The van der Waals surface area contributed by atoms with E-state index in [2.05, 4.69) is 42.5 Å². The lowest BCUT2D eigenvalue weighted by Crippen LogP contribution is -2.42. The van der Waals surface area contributed by atoms with Gasteiger partial charge in [0, 0.05) is 6.20 Å². The molecule has 2 heterocycles. The highest BCUT2D eigenvalue weighted by atomic mass is 15.2. The van der Waals surface area contributed by atoms with Crippen LogP contribution in [0.25, 0.3) is 11.1 Å². The molecule has 0 saturated carbocycles. The Morgan fingerprint density at radius 3 is 2.08 bits per heavy atom. The fraction of sp³-hybridized carbons (Fsp3) is 0.0909. The van der Waals surface area contributed by atoms with E-state index in [-0.39, 0.29) is 6.04 Å². The molecule has 1 unspecified atom stereocenters. The van der Waals surface area contributed by atoms with Gasteiger partial charge in [-0.1, -0.05) is 60.7 Å². The molecule has 0 N–H and O–H groups in total. The maximum absolute atomic E-state index is 10.1. The lowest BCUT2D eigenvalue weighted by atomic mass is 9.68. The van der Waals surface area contributed by atoms with Crippen molar-refractivity contribution in [3.8, 4) is 23.3 Å². The molecule has 2 aliphatic heterocycles. The van der Waals surface area contributed by atoms with Gasteiger partial charge >= 0.3 is 0 Å². The molecule has 0 radical (unpaired) electrons. The number of allylic oxidation sites excluding steroid dienone is 3. The van der Waals surface area contributed by atoms with Crippen LogP contribution >= 0.6 is 0 Å². The fourth-order valence-electron chi connectivity index (χ4n) is 4.64. The number of rotatable bonds is 0. The van der Waals surface area contributed by atoms with Crippen molar-refractivity contribution in [3.05, 3.63) is 95.4 Å². The zero-order valence-corrected chi connectivity index (χ0v) is 13.3. The van der Waals surface area contributed by atoms with Crippen LogP contribution in [0.15, 0.2) is 84.2 Å². The first-order valence-electron chi connectivity index (χ1n) is 8.21. The lowest BCUT2D eigenvalue weighted by Gasteiger charge is -2.36. The Kier molecular flexibility index (Phi) is 2.61. The SMILES string of the molecule is N#CC1=C(C#N)C2(c3ccccc3-c3ccccc32)C2C=CC=CN12. The van der Waals surface area contributed by atoms with Gasteiger partial charge in [-0.05, 0) is 28.3 Å². The molecule has 1 spiro atoms. The average Bonchev–Trinajstić information content (AvgIpc) is 3.14. The summed E-state index contributed by atoms with van der Waals surface area (Å²) in [5.41, 5.74) is 4.85. The number of nitrogens with zero attached hydrogens (tertiary/aromatic N) is 3. The van der Waals surface area contributed by atoms with Crippen LogP contribution in [0.3, 0.4) is 0 Å². The van der Waals surface area contributed by atoms with Crippen molar-refractivity contribution in [1.82, 2.24) is 4.90 Å². The van der Waals surface area contributed by atoms with Crippen molar-refractivity contribution in [3.63, 3.8) is 0 Å². The van der Waals surface area contributed by atoms with E-state index >= 15 is 0 Å². The van der Waals surface area contributed by atoms with E-state index in [0.717, 1.165) is 22.3 Å². The second-order valence-corrected chi connectivity index (χ2v) is 6.42. The summed E-state index contributed by atoms with van der Waals surface area (Å²) in [6.07, 6.45) is 7.91. The second kappa shape index (κ2) is 4.72. The van der Waals surface area contributed by atoms with Gasteiger partial charge in [-0.2, -0.15) is 10.5 Å². The molecule has 0 aromatic heterocycles. The summed E-state index contributed by atoms with van der Waals surface area (Å²) in [4.78, 5) is 1.94. The highest BCUT2D eigenvalue weighted by Gasteiger charge is 2.58. The molecule has 3 heteroatoms. The molecule has 2 aromatic rings. The van der Waals surface area contributed by atoms with Crippen LogP contribution in [-0.4, -0.2) is 10.9 Å². The lowest BCUT2D eigenvalue weighted by molar-refractivity contribution is 0.366. The minimum absolute atomic E-state index is 0.105. The minimum Gasteiger partial charge on any atom is -0.330 e. The highest BCUT2D eigenvalue weighted by Crippen LogP contribution is 2.59. The van der Waals surface area contributed by atoms with Crippen LogP contribution in [-0.2, 0) is 5.41 Å². The van der Waals surface area contributed by atoms with Crippen molar-refractivity contribution in [2.75, 3.05) is 0 Å². The average molecular weight is 319 g/mol. The van der Waals surface area contributed by atoms with Gasteiger partial charge in [0.2, 0.25) is 0 Å². The third kappa shape index (κ3) is 1.44. The summed E-state index contributed by atoms with van der Waals surface area (Å²) in [7, 11) is 0. The Morgan fingerprint density at radius 2 is 1.48 bits per heavy atom. The minimum atomic E-state index is -0.631. The van der Waals surface area contributed by atoms with E-state index in [4.69, 9.17) is 0 Å². The second-order valence-electron chi connectivity index (χ2n) is 6.42. The third-order valence-electron chi connectivity index (χ3n) is 5.50. The molecule has 3 aliphatic rings. The van der Waals surface area contributed by atoms with Gasteiger partial charge in [0.25, 0.3) is 0 Å². The summed E-state index contributed by atoms with van der Waals surface area (Å²) < 4.78 is 0. The van der Waals surface area contributed by atoms with Gasteiger partial charge in [0.05, 0.1) is 23.1 Å². The zero-order chi connectivity index (χ0) is 17.0. The largest absolute Gasteiger partial charge is 0.330 e. The molecular formula is C22H13N3. The molecule has 0 bridgehead atoms. The number of nitriles is 2. The summed E-state index contributed by atoms with van der Waals surface area (Å²) in [6, 6.07) is 21.0. The summed E-state index contributed by atoms with van der Waals surface area (Å²) in [6.45, 7) is 0. The van der Waals surface area contributed by atoms with E-state index in [9.17, 15) is 10.5 Å². The Labute approximate surface area is 146 Å². The molecular weight excluding hydrogens is 306 g/mol. The van der Waals surface area contributed by atoms with Gasteiger partial charge in [-0.15, -0.1) is 0 Å². The summed E-state index contributed by atoms with van der Waals surface area (Å²) >= 11 is 0. The first kappa shape index (κ1) is 13.8. The third-order valence-corrected chi connectivity index (χ3v) is 5.50. The number of hydrogen-bond donors (Lipinski definition) is 0. The van der Waals surface area contributed by atoms with E-state index in [1.54, 1.807) is 0 Å². The Hall–Kier alpha value is -3.56. The first-order valence-corrected chi connectivity index (χ1v) is 8.21. The van der Waals surface area contributed by atoms with Crippen LogP contribution in [0.1, 0.15) is 11.1 Å². The van der Waals surface area contributed by atoms with E-state index < -0.39 is 5.41 Å². The standard InChI is InChI=1S/C22H13N3/c23-13-19-20(14-24)25-12-6-5-11-21(25)22(19)17-9-3-1-7-15(17)16-8-2-4-10-18(16)22/h1-12,21H. The van der Waals surface area contributed by atoms with Gasteiger partial charge < -0.3 is 4.90 Å². The van der Waals surface area contributed by atoms with Crippen LogP contribution in [0, 0.1) is 22.7 Å². The molecule has 0 saturated heterocycles. The molecule has 1 atom stereocenters. The van der Waals surface area contributed by atoms with Crippen molar-refractivity contribution in [2.45, 2.75) is 11.5 Å². The van der Waals surface area contributed by atoms with Crippen LogP contribution in [0.5, 0.6) is 0 Å². The van der Waals surface area contributed by atoms with Crippen molar-refractivity contribution >= 4 is 0 Å². The van der Waals surface area contributed by atoms with Gasteiger partial charge in [0.1, 0.15) is 11.8 Å². The van der Waals surface area contributed by atoms with Crippen molar-refractivity contribution in [2.24, 2.45) is 0 Å². The molecule has 3 nitrogen and oxygen atoms in total. The predicted molar refractivity (Wildman–Crippen MR) is 94.8 cm³/mol. The van der Waals surface area contributed by atoms with E-state index in [1.807, 2.05) is 47.5 Å². The Morgan fingerprint density at radius 1 is 0.840 bits per heavy atom. The predicted octanol–water partition coefficient (Wildman–Crippen LogP) is 4.02. The zero-order valence-electron chi connectivity index (χ0n) is 13.3. The molecule has 2 aromatic carbocycles. The Balaban J connectivity index is 1.97. The maximum Gasteiger partial charge on any atom is 0.135 e. The fourth-order valence-corrected chi connectivity index (χ4v) is 4.64. The van der Waals surface area contributed by atoms with Gasteiger partial charge in [-0.25, -0.2) is 0 Å². The molecule has 116 valence electrons. The maximum atomic E-state index is 10.1. The molecule has 0 amide bonds. The number of benzene rings is 2. The Bertz CT molecular complexity index is 1040. The monoisotopic (exact) mass is 319 g/mol. The first-order chi connectivity index (χ1) is 12.3. The highest BCUT2D eigenvalue weighted by molar-refractivity contribution is 5.86. The molecule has 0 fully saturated rings. The topological polar surface area (TPSA) is 50.8 Å². The van der Waals surface area contributed by atoms with Gasteiger partial charge in [0.15, 0.2) is 0 Å². The number of hydrogen-bond acceptors (Lipinski definition) is 3. The molecule has 5 rings (SSSR count). The van der Waals surface area contributed by atoms with E-state index in [0.29, 0.717) is 11.3 Å². The van der Waals surface area contributed by atoms with Crippen molar-refractivity contribution in [1.29, 1.82) is 10.5 Å². The van der Waals surface area contributed by atoms with Crippen LogP contribution < -0.4 is 0 Å². The molecule has 25 heavy (non-hydrogen) atoms. The number of fused-ring (bicyclic) bond motifs is 7. The van der Waals surface area contributed by atoms with Crippen molar-refractivity contribution < 1.29 is 0 Å². The van der Waals surface area contributed by atoms with Crippen LogP contribution in [0.4, 0.5) is 0 Å². The van der Waals surface area contributed by atoms with Crippen LogP contribution in [0.2, 0.25) is 0 Å². The summed E-state index contributed by atoms with van der Waals surface area (Å²) in [5, 5.41) is 19.8.